The molecule has 1 aliphatic carbocycles. The van der Waals surface area contributed by atoms with Crippen LogP contribution in [0.5, 0.6) is 5.75 Å². The van der Waals surface area contributed by atoms with Gasteiger partial charge in [-0.3, -0.25) is 4.79 Å². The average molecular weight is 515 g/mol. The molecule has 1 aliphatic rings. The lowest BCUT2D eigenvalue weighted by atomic mass is 9.82. The standard InChI is InChI=1S/C29H27ClN4O3/c1-18-4-2-5-19(14-18)17-31-29(37)34-26(20-6-3-7-20)16-25(33-34)24-15-23(12-13-27(24)35)32-28(36)21-8-10-22(30)11-9-21/h2,4-5,8-16,20,35H,3,6-7,17H2,1H3,(H,31,37)(H,32,36). The largest absolute Gasteiger partial charge is 0.507 e. The Morgan fingerprint density at radius 2 is 1.84 bits per heavy atom. The molecule has 4 aromatic rings. The first kappa shape index (κ1) is 24.6. The predicted molar refractivity (Wildman–Crippen MR) is 144 cm³/mol. The number of nitrogens with one attached hydrogen (secondary N) is 2. The fourth-order valence-electron chi connectivity index (χ4n) is 4.38. The zero-order valence-corrected chi connectivity index (χ0v) is 21.1. The lowest BCUT2D eigenvalue weighted by molar-refractivity contribution is 0.102. The Kier molecular flexibility index (Phi) is 6.97. The number of phenolic OH excluding ortho intramolecular Hbond substituents is 1. The number of nitrogens with zero attached hydrogens (tertiary/aromatic N) is 2. The SMILES string of the molecule is Cc1cccc(CNC(=O)n2nc(-c3cc(NC(=O)c4ccc(Cl)cc4)ccc3O)cc2C2CCC2)c1. The highest BCUT2D eigenvalue weighted by Crippen LogP contribution is 2.39. The molecule has 7 nitrogen and oxygen atoms in total. The summed E-state index contributed by atoms with van der Waals surface area (Å²) >= 11 is 5.92. The van der Waals surface area contributed by atoms with E-state index in [0.717, 1.165) is 36.1 Å². The van der Waals surface area contributed by atoms with Gasteiger partial charge in [-0.25, -0.2) is 4.79 Å². The van der Waals surface area contributed by atoms with Crippen molar-refractivity contribution in [1.82, 2.24) is 15.1 Å². The van der Waals surface area contributed by atoms with Gasteiger partial charge in [0.1, 0.15) is 5.75 Å². The number of aryl methyl sites for hydroxylation is 1. The summed E-state index contributed by atoms with van der Waals surface area (Å²) in [6.07, 6.45) is 3.08. The summed E-state index contributed by atoms with van der Waals surface area (Å²) in [6, 6.07) is 20.9. The van der Waals surface area contributed by atoms with Gasteiger partial charge in [0.15, 0.2) is 0 Å². The molecule has 8 heteroatoms. The molecule has 1 saturated carbocycles. The summed E-state index contributed by atoms with van der Waals surface area (Å²) in [5, 5.41) is 21.5. The van der Waals surface area contributed by atoms with Crippen LogP contribution in [0.3, 0.4) is 0 Å². The third kappa shape index (κ3) is 5.52. The second kappa shape index (κ2) is 10.5. The van der Waals surface area contributed by atoms with E-state index in [0.29, 0.717) is 34.1 Å². The lowest BCUT2D eigenvalue weighted by Gasteiger charge is -2.25. The van der Waals surface area contributed by atoms with Crippen LogP contribution in [-0.2, 0) is 6.54 Å². The van der Waals surface area contributed by atoms with Crippen molar-refractivity contribution in [2.45, 2.75) is 38.6 Å². The lowest BCUT2D eigenvalue weighted by Crippen LogP contribution is -2.31. The van der Waals surface area contributed by atoms with Crippen molar-refractivity contribution in [3.8, 4) is 17.0 Å². The first-order chi connectivity index (χ1) is 17.9. The molecule has 1 heterocycles. The van der Waals surface area contributed by atoms with Crippen molar-refractivity contribution >= 4 is 29.2 Å². The molecule has 1 aromatic heterocycles. The highest BCUT2D eigenvalue weighted by Gasteiger charge is 2.27. The number of carbonyl (C=O) groups is 2. The van der Waals surface area contributed by atoms with Crippen LogP contribution in [0.2, 0.25) is 5.02 Å². The van der Waals surface area contributed by atoms with Crippen LogP contribution >= 0.6 is 11.6 Å². The molecule has 5 rings (SSSR count). The predicted octanol–water partition coefficient (Wildman–Crippen LogP) is 6.50. The molecule has 2 amide bonds. The molecule has 3 aromatic carbocycles. The molecule has 3 N–H and O–H groups in total. The van der Waals surface area contributed by atoms with E-state index in [2.05, 4.69) is 15.7 Å². The Bertz CT molecular complexity index is 1460. The van der Waals surface area contributed by atoms with Gasteiger partial charge in [0, 0.05) is 34.3 Å². The summed E-state index contributed by atoms with van der Waals surface area (Å²) in [5.74, 6) is -0.0557. The van der Waals surface area contributed by atoms with Gasteiger partial charge in [0.25, 0.3) is 5.91 Å². The second-order valence-corrected chi connectivity index (χ2v) is 9.77. The Morgan fingerprint density at radius 1 is 1.05 bits per heavy atom. The van der Waals surface area contributed by atoms with Gasteiger partial charge in [0.2, 0.25) is 0 Å². The van der Waals surface area contributed by atoms with Crippen LogP contribution in [0.1, 0.15) is 52.4 Å². The third-order valence-corrected chi connectivity index (χ3v) is 6.87. The van der Waals surface area contributed by atoms with Crippen molar-refractivity contribution in [3.63, 3.8) is 0 Å². The number of halogens is 1. The zero-order chi connectivity index (χ0) is 25.9. The number of amides is 2. The molecule has 188 valence electrons. The van der Waals surface area contributed by atoms with Gasteiger partial charge >= 0.3 is 6.03 Å². The maximum Gasteiger partial charge on any atom is 0.342 e. The molecule has 0 saturated heterocycles. The van der Waals surface area contributed by atoms with E-state index in [9.17, 15) is 14.7 Å². The summed E-state index contributed by atoms with van der Waals surface area (Å²) in [7, 11) is 0. The molecular formula is C29H27ClN4O3. The fourth-order valence-corrected chi connectivity index (χ4v) is 4.51. The van der Waals surface area contributed by atoms with Crippen molar-refractivity contribution in [1.29, 1.82) is 0 Å². The molecule has 0 radical (unpaired) electrons. The van der Waals surface area contributed by atoms with E-state index < -0.39 is 0 Å². The van der Waals surface area contributed by atoms with E-state index in [1.807, 2.05) is 37.3 Å². The van der Waals surface area contributed by atoms with Crippen molar-refractivity contribution in [3.05, 3.63) is 100 Å². The Labute approximate surface area is 220 Å². The third-order valence-electron chi connectivity index (χ3n) is 6.62. The van der Waals surface area contributed by atoms with Gasteiger partial charge in [0.05, 0.1) is 11.4 Å². The average Bonchev–Trinajstić information content (AvgIpc) is 3.27. The van der Waals surface area contributed by atoms with Gasteiger partial charge < -0.3 is 15.7 Å². The summed E-state index contributed by atoms with van der Waals surface area (Å²) < 4.78 is 1.41. The van der Waals surface area contributed by atoms with E-state index in [1.54, 1.807) is 36.4 Å². The molecule has 1 fully saturated rings. The molecule has 0 unspecified atom stereocenters. The van der Waals surface area contributed by atoms with Gasteiger partial charge in [-0.15, -0.1) is 0 Å². The number of rotatable bonds is 6. The van der Waals surface area contributed by atoms with Crippen LogP contribution in [0.15, 0.2) is 72.8 Å². The highest BCUT2D eigenvalue weighted by molar-refractivity contribution is 6.30. The second-order valence-electron chi connectivity index (χ2n) is 9.33. The quantitative estimate of drug-likeness (QED) is 0.256. The number of aromatic hydroxyl groups is 1. The molecule has 37 heavy (non-hydrogen) atoms. The minimum Gasteiger partial charge on any atom is -0.507 e. The Hall–Kier alpha value is -4.10. The first-order valence-electron chi connectivity index (χ1n) is 12.2. The number of carbonyl (C=O) groups excluding carboxylic acids is 2. The molecular weight excluding hydrogens is 488 g/mol. The topological polar surface area (TPSA) is 96.3 Å². The maximum absolute atomic E-state index is 13.2. The van der Waals surface area contributed by atoms with E-state index in [1.165, 1.54) is 10.7 Å². The number of phenols is 1. The van der Waals surface area contributed by atoms with Gasteiger partial charge in [-0.1, -0.05) is 47.9 Å². The van der Waals surface area contributed by atoms with Crippen LogP contribution in [0, 0.1) is 6.92 Å². The zero-order valence-electron chi connectivity index (χ0n) is 20.4. The molecule has 0 bridgehead atoms. The normalized spacial score (nSPS) is 13.1. The molecule has 0 spiro atoms. The van der Waals surface area contributed by atoms with E-state index in [-0.39, 0.29) is 23.6 Å². The minimum absolute atomic E-state index is 0.00877. The highest BCUT2D eigenvalue weighted by atomic mass is 35.5. The van der Waals surface area contributed by atoms with Crippen molar-refractivity contribution in [2.75, 3.05) is 5.32 Å². The van der Waals surface area contributed by atoms with E-state index >= 15 is 0 Å². The number of aromatic nitrogens is 2. The van der Waals surface area contributed by atoms with Crippen molar-refractivity contribution in [2.24, 2.45) is 0 Å². The van der Waals surface area contributed by atoms with Crippen LogP contribution in [0.25, 0.3) is 11.3 Å². The summed E-state index contributed by atoms with van der Waals surface area (Å²) in [5.41, 5.74) is 4.80. The minimum atomic E-state index is -0.318. The Morgan fingerprint density at radius 3 is 2.54 bits per heavy atom. The number of hydrogen-bond acceptors (Lipinski definition) is 4. The fraction of sp³-hybridized carbons (Fsp3) is 0.207. The van der Waals surface area contributed by atoms with E-state index in [4.69, 9.17) is 11.6 Å². The molecule has 0 atom stereocenters. The molecule has 0 aliphatic heterocycles. The maximum atomic E-state index is 13.2. The summed E-state index contributed by atoms with van der Waals surface area (Å²) in [4.78, 5) is 25.8. The van der Waals surface area contributed by atoms with Crippen LogP contribution in [-0.4, -0.2) is 26.8 Å². The number of hydrogen-bond donors (Lipinski definition) is 3. The monoisotopic (exact) mass is 514 g/mol. The smallest absolute Gasteiger partial charge is 0.342 e. The summed E-state index contributed by atoms with van der Waals surface area (Å²) in [6.45, 7) is 2.40. The van der Waals surface area contributed by atoms with Gasteiger partial charge in [-0.2, -0.15) is 9.78 Å². The van der Waals surface area contributed by atoms with Gasteiger partial charge in [-0.05, 0) is 73.9 Å². The Balaban J connectivity index is 1.40. The first-order valence-corrected chi connectivity index (χ1v) is 12.6. The number of anilines is 1. The van der Waals surface area contributed by atoms with Crippen LogP contribution < -0.4 is 10.6 Å². The van der Waals surface area contributed by atoms with Crippen molar-refractivity contribution < 1.29 is 14.7 Å². The number of benzene rings is 3. The van der Waals surface area contributed by atoms with Crippen LogP contribution in [0.4, 0.5) is 10.5 Å².